The van der Waals surface area contributed by atoms with Gasteiger partial charge in [-0.2, -0.15) is 0 Å². The Morgan fingerprint density at radius 1 is 0.706 bits per heavy atom. The third-order valence-corrected chi connectivity index (χ3v) is 13.9. The van der Waals surface area contributed by atoms with Crippen LogP contribution in [0.1, 0.15) is 141 Å². The number of hydrogen-bond donors (Lipinski definition) is 4. The molecular formula is C51H71ClN8O8. The number of nitrogens with two attached hydrogens (primary N) is 2. The molecule has 2 saturated carbocycles. The molecule has 4 heterocycles. The minimum atomic E-state index is -0.745. The van der Waals surface area contributed by atoms with E-state index in [2.05, 4.69) is 104 Å². The lowest BCUT2D eigenvalue weighted by molar-refractivity contribution is -0.134. The van der Waals surface area contributed by atoms with Crippen LogP contribution in [-0.4, -0.2) is 81.0 Å². The molecule has 4 amide bonds. The number of primary amides is 2. The van der Waals surface area contributed by atoms with Gasteiger partial charge >= 0.3 is 12.2 Å². The van der Waals surface area contributed by atoms with Crippen molar-refractivity contribution in [2.75, 3.05) is 27.3 Å². The maximum absolute atomic E-state index is 13.6. The quantitative estimate of drug-likeness (QED) is 0.0784. The number of imidazole rings is 2. The Labute approximate surface area is 405 Å². The second-order valence-corrected chi connectivity index (χ2v) is 20.5. The average Bonchev–Trinajstić information content (AvgIpc) is 4.12. The molecule has 16 nitrogen and oxygen atoms in total. The predicted octanol–water partition coefficient (Wildman–Crippen LogP) is 10.2. The van der Waals surface area contributed by atoms with E-state index < -0.39 is 12.2 Å². The lowest BCUT2D eigenvalue weighted by Crippen LogP contribution is -2.36. The van der Waals surface area contributed by atoms with E-state index in [1.165, 1.54) is 14.2 Å². The lowest BCUT2D eigenvalue weighted by Gasteiger charge is -2.30. The number of aromatic nitrogens is 4. The monoisotopic (exact) mass is 959 g/mol. The van der Waals surface area contributed by atoms with E-state index in [-0.39, 0.29) is 28.6 Å². The third kappa shape index (κ3) is 12.9. The summed E-state index contributed by atoms with van der Waals surface area (Å²) in [6, 6.07) is 8.43. The highest BCUT2D eigenvalue weighted by Crippen LogP contribution is 2.52. The summed E-state index contributed by atoms with van der Waals surface area (Å²) in [4.78, 5) is 66.8. The summed E-state index contributed by atoms with van der Waals surface area (Å²) in [6.45, 7) is 20.5. The molecule has 370 valence electrons. The van der Waals surface area contributed by atoms with Crippen molar-refractivity contribution >= 4 is 35.6 Å². The van der Waals surface area contributed by atoms with Crippen LogP contribution in [0.2, 0.25) is 5.15 Å². The minimum Gasteiger partial charge on any atom is -0.488 e. The number of carbonyl (C=O) groups excluding carboxylic acids is 4. The van der Waals surface area contributed by atoms with E-state index in [9.17, 15) is 19.2 Å². The van der Waals surface area contributed by atoms with Crippen LogP contribution in [0.4, 0.5) is 9.59 Å². The zero-order chi connectivity index (χ0) is 49.7. The maximum atomic E-state index is 13.6. The first-order valence-electron chi connectivity index (χ1n) is 23.8. The topological polar surface area (TPSA) is 221 Å². The Morgan fingerprint density at radius 3 is 1.49 bits per heavy atom. The van der Waals surface area contributed by atoms with Gasteiger partial charge in [0.05, 0.1) is 33.0 Å². The van der Waals surface area contributed by atoms with Crippen molar-refractivity contribution in [2.45, 2.75) is 139 Å². The molecule has 6 N–H and O–H groups in total. The second-order valence-electron chi connectivity index (χ2n) is 20.1. The van der Waals surface area contributed by atoms with Crippen molar-refractivity contribution in [2.24, 2.45) is 34.1 Å². The molecule has 2 fully saturated rings. The highest BCUT2D eigenvalue weighted by atomic mass is 35.5. The average molecular weight is 960 g/mol. The van der Waals surface area contributed by atoms with Crippen LogP contribution in [0.5, 0.6) is 11.5 Å². The molecule has 0 unspecified atom stereocenters. The van der Waals surface area contributed by atoms with Crippen molar-refractivity contribution in [3.05, 3.63) is 57.9 Å². The number of H-pyrrole nitrogens is 2. The van der Waals surface area contributed by atoms with Gasteiger partial charge in [-0.1, -0.05) is 79.8 Å². The number of rotatable bonds is 17. The largest absolute Gasteiger partial charge is 0.488 e. The van der Waals surface area contributed by atoms with Crippen LogP contribution in [-0.2, 0) is 45.4 Å². The molecule has 2 aliphatic carbocycles. The van der Waals surface area contributed by atoms with Crippen LogP contribution in [0.3, 0.4) is 0 Å². The number of ether oxygens (including phenoxy) is 4. The number of amides is 4. The van der Waals surface area contributed by atoms with E-state index in [1.54, 1.807) is 0 Å². The van der Waals surface area contributed by atoms with E-state index in [0.717, 1.165) is 114 Å². The Balaban J connectivity index is 0.000000691. The Morgan fingerprint density at radius 2 is 1.10 bits per heavy atom. The molecule has 4 aliphatic rings. The highest BCUT2D eigenvalue weighted by Gasteiger charge is 2.41. The number of aromatic amines is 2. The van der Waals surface area contributed by atoms with Crippen molar-refractivity contribution in [3.63, 3.8) is 0 Å². The fourth-order valence-electron chi connectivity index (χ4n) is 8.40. The molecule has 0 spiro atoms. The molecule has 0 bridgehead atoms. The number of hydrogen-bond acceptors (Lipinski definition) is 10. The highest BCUT2D eigenvalue weighted by molar-refractivity contribution is 6.32. The maximum Gasteiger partial charge on any atom is 0.404 e. The Hall–Kier alpha value is -5.77. The molecule has 2 aromatic heterocycles. The van der Waals surface area contributed by atoms with Crippen LogP contribution < -0.4 is 20.9 Å². The third-order valence-electron chi connectivity index (χ3n) is 13.6. The van der Waals surface area contributed by atoms with Crippen LogP contribution >= 0.6 is 11.6 Å². The van der Waals surface area contributed by atoms with Gasteiger partial charge in [0, 0.05) is 65.0 Å². The van der Waals surface area contributed by atoms with Crippen molar-refractivity contribution in [3.8, 4) is 45.1 Å². The predicted molar refractivity (Wildman–Crippen MR) is 262 cm³/mol. The van der Waals surface area contributed by atoms with E-state index >= 15 is 0 Å². The first-order chi connectivity index (χ1) is 32.2. The summed E-state index contributed by atoms with van der Waals surface area (Å²) in [6.07, 6.45) is 6.15. The van der Waals surface area contributed by atoms with Gasteiger partial charge < -0.3 is 50.2 Å². The molecule has 68 heavy (non-hydrogen) atoms. The van der Waals surface area contributed by atoms with Gasteiger partial charge in [0.2, 0.25) is 11.8 Å². The van der Waals surface area contributed by atoms with Gasteiger partial charge in [-0.15, -0.1) is 0 Å². The normalized spacial score (nSPS) is 15.9. The van der Waals surface area contributed by atoms with Crippen molar-refractivity contribution in [1.82, 2.24) is 29.7 Å². The zero-order valence-corrected chi connectivity index (χ0v) is 42.3. The van der Waals surface area contributed by atoms with Gasteiger partial charge in [0.15, 0.2) is 0 Å². The molecule has 2 aliphatic heterocycles. The second kappa shape index (κ2) is 21.7. The van der Waals surface area contributed by atoms with Crippen molar-refractivity contribution in [1.29, 1.82) is 0 Å². The van der Waals surface area contributed by atoms with Crippen LogP contribution in [0.25, 0.3) is 33.6 Å². The number of methoxy groups -OCH3 is 2. The van der Waals surface area contributed by atoms with Gasteiger partial charge in [0.1, 0.15) is 47.2 Å². The van der Waals surface area contributed by atoms with Crippen LogP contribution in [0.15, 0.2) is 24.3 Å². The molecule has 17 heteroatoms. The first kappa shape index (κ1) is 51.6. The standard InChI is InChI=1S/C47H61ClN6O4.2C2H5NO2/c1-9-28(5)15-38(55)53(25-46(7)11-12-46)21-36-49-42(27(3)4)43(50-36)30-17-32-23-58-35-20-31(18-33-24-57-34(19-30)40(32)41(33)35)44-45(48)52-37(51-44)22-54(26-47(8)13-14-47)39(56)16-29(6)10-2;2*1-5-2(3)4/h17-20,27-29H,9-16,21-26H2,1-8H3,(H,49,50)(H,51,52);2*1H3,(H2,3,4)/t28-,29-;;/m0../s1. The summed E-state index contributed by atoms with van der Waals surface area (Å²) in [5.74, 6) is 4.33. The number of nitrogens with one attached hydrogen (secondary N) is 2. The van der Waals surface area contributed by atoms with E-state index in [4.69, 9.17) is 31.0 Å². The summed E-state index contributed by atoms with van der Waals surface area (Å²) in [5.41, 5.74) is 17.8. The smallest absolute Gasteiger partial charge is 0.404 e. The number of carbonyl (C=O) groups is 4. The first-order valence-corrected chi connectivity index (χ1v) is 24.2. The van der Waals surface area contributed by atoms with E-state index in [1.807, 2.05) is 15.9 Å². The van der Waals surface area contributed by atoms with Crippen LogP contribution in [0, 0.1) is 22.7 Å². The summed E-state index contributed by atoms with van der Waals surface area (Å²) < 4.78 is 20.8. The molecule has 4 aromatic rings. The lowest BCUT2D eigenvalue weighted by atomic mass is 9.87. The molecule has 8 rings (SSSR count). The van der Waals surface area contributed by atoms with Gasteiger partial charge in [0.25, 0.3) is 0 Å². The molecular weight excluding hydrogens is 888 g/mol. The summed E-state index contributed by atoms with van der Waals surface area (Å²) >= 11 is 6.86. The molecule has 0 saturated heterocycles. The van der Waals surface area contributed by atoms with Gasteiger partial charge in [-0.05, 0) is 78.5 Å². The molecule has 2 aromatic carbocycles. The van der Waals surface area contributed by atoms with Gasteiger partial charge in [-0.25, -0.2) is 19.6 Å². The van der Waals surface area contributed by atoms with Crippen molar-refractivity contribution < 1.29 is 38.1 Å². The Bertz CT molecular complexity index is 2410. The fourth-order valence-corrected chi connectivity index (χ4v) is 8.66. The number of nitrogens with zero attached hydrogens (tertiary/aromatic N) is 4. The number of halogens is 1. The summed E-state index contributed by atoms with van der Waals surface area (Å²) in [5, 5.41) is 0.441. The fraction of sp³-hybridized carbons (Fsp3) is 0.569. The zero-order valence-electron chi connectivity index (χ0n) is 41.5. The molecule has 0 radical (unpaired) electrons. The Kier molecular flexibility index (Phi) is 16.5. The molecule has 2 atom stereocenters. The summed E-state index contributed by atoms with van der Waals surface area (Å²) in [7, 11) is 2.45. The van der Waals surface area contributed by atoms with Gasteiger partial charge in [-0.3, -0.25) is 9.59 Å². The van der Waals surface area contributed by atoms with E-state index in [0.29, 0.717) is 67.7 Å². The SMILES string of the molecule is CC[C@H](C)CC(=O)N(Cc1nc(-c2cc3c4c(c2)OCc2cc(-c5nc(CN(CC6(C)CC6)C(=O)C[C@@H](C)CC)[nH]c5C(C)C)cc(c2-4)OC3)c(Cl)[nH]1)CC1(C)CC1.COC(N)=O.COC(N)=O. The number of benzene rings is 2. The minimum absolute atomic E-state index is 0.167.